The number of halogens is 2. The molecule has 27 heavy (non-hydrogen) atoms. The van der Waals surface area contributed by atoms with Crippen LogP contribution in [-0.2, 0) is 0 Å². The molecular formula is C19H11ClFN3O2S. The molecule has 2 heterocycles. The number of nitrogens with one attached hydrogen (secondary N) is 1. The molecule has 0 aliphatic rings. The molecule has 134 valence electrons. The third kappa shape index (κ3) is 3.22. The lowest BCUT2D eigenvalue weighted by molar-refractivity contribution is 0.102. The molecule has 0 bridgehead atoms. The van der Waals surface area contributed by atoms with Crippen LogP contribution in [0.2, 0.25) is 5.02 Å². The zero-order valence-corrected chi connectivity index (χ0v) is 15.2. The first kappa shape index (κ1) is 17.4. The average molecular weight is 400 g/mol. The largest absolute Gasteiger partial charge is 0.322 e. The Labute approximate surface area is 161 Å². The van der Waals surface area contributed by atoms with Crippen molar-refractivity contribution >= 4 is 39.5 Å². The van der Waals surface area contributed by atoms with Gasteiger partial charge in [-0.1, -0.05) is 35.9 Å². The van der Waals surface area contributed by atoms with Crippen LogP contribution in [0.3, 0.4) is 0 Å². The third-order valence-electron chi connectivity index (χ3n) is 3.92. The van der Waals surface area contributed by atoms with Crippen molar-refractivity contribution in [3.63, 3.8) is 0 Å². The molecule has 0 atom stereocenters. The van der Waals surface area contributed by atoms with Crippen LogP contribution >= 0.6 is 22.9 Å². The molecule has 1 N–H and O–H groups in total. The topological polar surface area (TPSA) is 63.5 Å². The molecule has 5 nitrogen and oxygen atoms in total. The van der Waals surface area contributed by atoms with Crippen LogP contribution < -0.4 is 10.9 Å². The second-order valence-corrected chi connectivity index (χ2v) is 6.90. The second kappa shape index (κ2) is 6.94. The van der Waals surface area contributed by atoms with Gasteiger partial charge in [0.25, 0.3) is 11.5 Å². The molecule has 4 aromatic rings. The number of carbonyl (C=O) groups excluding carboxylic acids is 1. The standard InChI is InChI=1S/C19H11ClFN3O2S/c20-15-7-2-1-6-13(15)16-10-27-19-22-9-14(18(26)24(16)19)17(25)23-12-5-3-4-11(21)8-12/h1-10H,(H,23,25). The Hall–Kier alpha value is -3.03. The van der Waals surface area contributed by atoms with Crippen LogP contribution in [0, 0.1) is 5.82 Å². The number of anilines is 1. The number of carbonyl (C=O) groups is 1. The number of nitrogens with zero attached hydrogens (tertiary/aromatic N) is 2. The number of thiazole rings is 1. The van der Waals surface area contributed by atoms with Gasteiger partial charge in [0.2, 0.25) is 0 Å². The Morgan fingerprint density at radius 2 is 2.00 bits per heavy atom. The van der Waals surface area contributed by atoms with Crippen molar-refractivity contribution in [3.8, 4) is 11.3 Å². The van der Waals surface area contributed by atoms with Crippen LogP contribution in [0.4, 0.5) is 10.1 Å². The van der Waals surface area contributed by atoms with Crippen LogP contribution in [-0.4, -0.2) is 15.3 Å². The van der Waals surface area contributed by atoms with E-state index in [4.69, 9.17) is 11.6 Å². The van der Waals surface area contributed by atoms with Crippen molar-refractivity contribution in [1.29, 1.82) is 0 Å². The van der Waals surface area contributed by atoms with Crippen LogP contribution in [0.15, 0.2) is 64.9 Å². The van der Waals surface area contributed by atoms with E-state index in [0.29, 0.717) is 21.2 Å². The van der Waals surface area contributed by atoms with Crippen LogP contribution in [0.5, 0.6) is 0 Å². The normalized spacial score (nSPS) is 10.9. The summed E-state index contributed by atoms with van der Waals surface area (Å²) in [5.41, 5.74) is 0.796. The summed E-state index contributed by atoms with van der Waals surface area (Å²) in [6, 6.07) is 12.5. The number of rotatable bonds is 3. The summed E-state index contributed by atoms with van der Waals surface area (Å²) in [7, 11) is 0. The SMILES string of the molecule is O=C(Nc1cccc(F)c1)c1cnc2scc(-c3ccccc3Cl)n2c1=O. The van der Waals surface area contributed by atoms with Crippen LogP contribution in [0.1, 0.15) is 10.4 Å². The molecule has 0 aliphatic carbocycles. The quantitative estimate of drug-likeness (QED) is 0.553. The molecule has 0 saturated heterocycles. The number of amides is 1. The number of fused-ring (bicyclic) bond motifs is 1. The number of hydrogen-bond acceptors (Lipinski definition) is 4. The highest BCUT2D eigenvalue weighted by Crippen LogP contribution is 2.29. The fraction of sp³-hybridized carbons (Fsp3) is 0. The Morgan fingerprint density at radius 3 is 2.78 bits per heavy atom. The minimum absolute atomic E-state index is 0.150. The van der Waals surface area contributed by atoms with E-state index in [9.17, 15) is 14.0 Å². The van der Waals surface area contributed by atoms with Gasteiger partial charge in [0.15, 0.2) is 4.96 Å². The summed E-state index contributed by atoms with van der Waals surface area (Å²) >= 11 is 7.52. The highest BCUT2D eigenvalue weighted by atomic mass is 35.5. The van der Waals surface area contributed by atoms with E-state index in [1.54, 1.807) is 23.6 Å². The van der Waals surface area contributed by atoms with Gasteiger partial charge in [0.05, 0.1) is 5.69 Å². The van der Waals surface area contributed by atoms with Gasteiger partial charge in [0.1, 0.15) is 11.4 Å². The molecular weight excluding hydrogens is 389 g/mol. The van der Waals surface area contributed by atoms with Crippen molar-refractivity contribution < 1.29 is 9.18 Å². The summed E-state index contributed by atoms with van der Waals surface area (Å²) in [5, 5.41) is 4.76. The highest BCUT2D eigenvalue weighted by molar-refractivity contribution is 7.15. The zero-order chi connectivity index (χ0) is 19.0. The van der Waals surface area contributed by atoms with E-state index in [0.717, 1.165) is 0 Å². The second-order valence-electron chi connectivity index (χ2n) is 5.66. The first-order valence-electron chi connectivity index (χ1n) is 7.85. The van der Waals surface area contributed by atoms with Gasteiger partial charge in [-0.15, -0.1) is 11.3 Å². The molecule has 8 heteroatoms. The first-order valence-corrected chi connectivity index (χ1v) is 9.11. The zero-order valence-electron chi connectivity index (χ0n) is 13.6. The molecule has 0 spiro atoms. The Balaban J connectivity index is 1.80. The predicted octanol–water partition coefficient (Wildman–Crippen LogP) is 4.47. The molecule has 2 aromatic carbocycles. The monoisotopic (exact) mass is 399 g/mol. The molecule has 0 radical (unpaired) electrons. The Kier molecular flexibility index (Phi) is 4.47. The average Bonchev–Trinajstić information content (AvgIpc) is 3.07. The van der Waals surface area contributed by atoms with Crippen molar-refractivity contribution in [3.05, 3.63) is 86.9 Å². The first-order chi connectivity index (χ1) is 13.0. The fourth-order valence-corrected chi connectivity index (χ4v) is 3.75. The third-order valence-corrected chi connectivity index (χ3v) is 5.09. The lowest BCUT2D eigenvalue weighted by Gasteiger charge is -2.07. The van der Waals surface area contributed by atoms with Gasteiger partial charge >= 0.3 is 0 Å². The maximum atomic E-state index is 13.3. The van der Waals surface area contributed by atoms with Crippen molar-refractivity contribution in [2.75, 3.05) is 5.32 Å². The molecule has 0 unspecified atom stereocenters. The van der Waals surface area contributed by atoms with Crippen LogP contribution in [0.25, 0.3) is 16.2 Å². The fourth-order valence-electron chi connectivity index (χ4n) is 2.67. The molecule has 4 rings (SSSR count). The van der Waals surface area contributed by atoms with Crippen molar-refractivity contribution in [1.82, 2.24) is 9.38 Å². The van der Waals surface area contributed by atoms with E-state index in [1.165, 1.54) is 46.2 Å². The maximum absolute atomic E-state index is 13.3. The minimum Gasteiger partial charge on any atom is -0.322 e. The molecule has 2 aromatic heterocycles. The lowest BCUT2D eigenvalue weighted by atomic mass is 10.2. The smallest absolute Gasteiger partial charge is 0.271 e. The van der Waals surface area contributed by atoms with E-state index >= 15 is 0 Å². The molecule has 0 saturated carbocycles. The minimum atomic E-state index is -0.663. The van der Waals surface area contributed by atoms with Gasteiger partial charge in [-0.25, -0.2) is 9.37 Å². The van der Waals surface area contributed by atoms with Gasteiger partial charge in [0, 0.05) is 27.9 Å². The van der Waals surface area contributed by atoms with E-state index in [-0.39, 0.29) is 11.3 Å². The van der Waals surface area contributed by atoms with Gasteiger partial charge in [-0.05, 0) is 24.3 Å². The number of hydrogen-bond donors (Lipinski definition) is 1. The van der Waals surface area contributed by atoms with E-state index < -0.39 is 17.3 Å². The van der Waals surface area contributed by atoms with Crippen molar-refractivity contribution in [2.45, 2.75) is 0 Å². The number of benzene rings is 2. The van der Waals surface area contributed by atoms with Gasteiger partial charge < -0.3 is 5.32 Å². The van der Waals surface area contributed by atoms with Gasteiger partial charge in [-0.3, -0.25) is 14.0 Å². The number of aromatic nitrogens is 2. The van der Waals surface area contributed by atoms with Crippen molar-refractivity contribution in [2.24, 2.45) is 0 Å². The Morgan fingerprint density at radius 1 is 1.19 bits per heavy atom. The summed E-state index contributed by atoms with van der Waals surface area (Å²) < 4.78 is 14.7. The summed E-state index contributed by atoms with van der Waals surface area (Å²) in [5.74, 6) is -1.15. The van der Waals surface area contributed by atoms with E-state index in [1.807, 2.05) is 6.07 Å². The predicted molar refractivity (Wildman–Crippen MR) is 104 cm³/mol. The lowest BCUT2D eigenvalue weighted by Crippen LogP contribution is -2.26. The summed E-state index contributed by atoms with van der Waals surface area (Å²) in [6.45, 7) is 0. The van der Waals surface area contributed by atoms with E-state index in [2.05, 4.69) is 10.3 Å². The maximum Gasteiger partial charge on any atom is 0.271 e. The Bertz CT molecular complexity index is 1240. The summed E-state index contributed by atoms with van der Waals surface area (Å²) in [4.78, 5) is 30.1. The molecule has 1 amide bonds. The molecule has 0 aliphatic heterocycles. The van der Waals surface area contributed by atoms with Gasteiger partial charge in [-0.2, -0.15) is 0 Å². The highest BCUT2D eigenvalue weighted by Gasteiger charge is 2.18. The summed E-state index contributed by atoms with van der Waals surface area (Å²) in [6.07, 6.45) is 1.22. The molecule has 0 fully saturated rings.